The molecule has 32 heavy (non-hydrogen) atoms. The number of pyridine rings is 1. The summed E-state index contributed by atoms with van der Waals surface area (Å²) in [4.78, 5) is 23.4. The molecule has 9 nitrogen and oxygen atoms in total. The summed E-state index contributed by atoms with van der Waals surface area (Å²) in [6.07, 6.45) is 4.52. The number of amides is 1. The average molecular weight is 455 g/mol. The SMILES string of the molecule is CC(C)n1cnc([C@H]2CN(S(C)(=O)=O)c3ccc(C(=O)N(C)Cc4ccccn4)cc32)n1. The standard InChI is InChI=1S/C22H26N6O3S/c1-15(2)27-14-24-21(25-27)19-13-28(32(4,30)31)20-9-8-16(11-18(19)20)22(29)26(3)12-17-7-5-6-10-23-17/h5-11,14-15,19H,12-13H2,1-4H3/t19-/m0/s1. The van der Waals surface area contributed by atoms with Crippen LogP contribution in [0.5, 0.6) is 0 Å². The Hall–Kier alpha value is -3.27. The first-order chi connectivity index (χ1) is 15.1. The molecule has 3 heterocycles. The van der Waals surface area contributed by atoms with Crippen molar-refractivity contribution in [2.75, 3.05) is 24.2 Å². The number of aromatic nitrogens is 4. The molecule has 0 saturated heterocycles. The second kappa shape index (κ2) is 8.34. The van der Waals surface area contributed by atoms with Gasteiger partial charge in [0.25, 0.3) is 5.91 Å². The normalized spacial score (nSPS) is 15.8. The lowest BCUT2D eigenvalue weighted by molar-refractivity contribution is 0.0783. The first kappa shape index (κ1) is 21.9. The number of anilines is 1. The van der Waals surface area contributed by atoms with Crippen LogP contribution in [0.3, 0.4) is 0 Å². The van der Waals surface area contributed by atoms with E-state index in [1.807, 2.05) is 32.0 Å². The minimum Gasteiger partial charge on any atom is -0.336 e. The molecule has 0 fully saturated rings. The third kappa shape index (κ3) is 4.22. The second-order valence-corrected chi connectivity index (χ2v) is 10.2. The van der Waals surface area contributed by atoms with Crippen molar-refractivity contribution in [2.24, 2.45) is 0 Å². The highest BCUT2D eigenvalue weighted by Gasteiger charge is 2.37. The molecule has 0 spiro atoms. The molecule has 0 N–H and O–H groups in total. The Labute approximate surface area is 187 Å². The number of hydrogen-bond donors (Lipinski definition) is 0. The zero-order valence-electron chi connectivity index (χ0n) is 18.5. The van der Waals surface area contributed by atoms with Gasteiger partial charge < -0.3 is 4.90 Å². The van der Waals surface area contributed by atoms with Crippen molar-refractivity contribution < 1.29 is 13.2 Å². The van der Waals surface area contributed by atoms with Crippen molar-refractivity contribution in [3.63, 3.8) is 0 Å². The van der Waals surface area contributed by atoms with Crippen LogP contribution in [0.25, 0.3) is 0 Å². The van der Waals surface area contributed by atoms with Crippen LogP contribution in [0.2, 0.25) is 0 Å². The minimum atomic E-state index is -3.49. The Bertz CT molecular complexity index is 1240. The van der Waals surface area contributed by atoms with Crippen LogP contribution in [0.15, 0.2) is 48.9 Å². The molecule has 1 aliphatic heterocycles. The van der Waals surface area contributed by atoms with Gasteiger partial charge in [0.1, 0.15) is 6.33 Å². The van der Waals surface area contributed by atoms with Crippen molar-refractivity contribution in [1.29, 1.82) is 0 Å². The third-order valence-electron chi connectivity index (χ3n) is 5.51. The highest BCUT2D eigenvalue weighted by Crippen LogP contribution is 2.41. The summed E-state index contributed by atoms with van der Waals surface area (Å²) in [7, 11) is -1.77. The van der Waals surface area contributed by atoms with Crippen molar-refractivity contribution in [3.8, 4) is 0 Å². The van der Waals surface area contributed by atoms with Crippen molar-refractivity contribution in [2.45, 2.75) is 32.4 Å². The first-order valence-electron chi connectivity index (χ1n) is 10.3. The van der Waals surface area contributed by atoms with E-state index in [1.165, 1.54) is 10.6 Å². The molecular formula is C22H26N6O3S. The summed E-state index contributed by atoms with van der Waals surface area (Å²) in [6, 6.07) is 10.8. The quantitative estimate of drug-likeness (QED) is 0.567. The smallest absolute Gasteiger partial charge is 0.253 e. The lowest BCUT2D eigenvalue weighted by Crippen LogP contribution is -2.29. The second-order valence-electron chi connectivity index (χ2n) is 8.28. The number of benzene rings is 1. The van der Waals surface area contributed by atoms with Crippen LogP contribution < -0.4 is 4.31 Å². The lowest BCUT2D eigenvalue weighted by atomic mass is 9.98. The van der Waals surface area contributed by atoms with Gasteiger partial charge >= 0.3 is 0 Å². The van der Waals surface area contributed by atoms with Gasteiger partial charge in [-0.25, -0.2) is 13.4 Å². The highest BCUT2D eigenvalue weighted by molar-refractivity contribution is 7.92. The van der Waals surface area contributed by atoms with Crippen molar-refractivity contribution in [1.82, 2.24) is 24.6 Å². The van der Waals surface area contributed by atoms with E-state index in [1.54, 1.807) is 47.4 Å². The Balaban J connectivity index is 1.69. The summed E-state index contributed by atoms with van der Waals surface area (Å²) in [6.45, 7) is 4.57. The van der Waals surface area contributed by atoms with Gasteiger partial charge in [-0.3, -0.25) is 18.8 Å². The number of hydrogen-bond acceptors (Lipinski definition) is 6. The fraction of sp³-hybridized carbons (Fsp3) is 0.364. The van der Waals surface area contributed by atoms with Gasteiger partial charge in [0.15, 0.2) is 5.82 Å². The van der Waals surface area contributed by atoms with Crippen LogP contribution in [-0.2, 0) is 16.6 Å². The minimum absolute atomic E-state index is 0.135. The van der Waals surface area contributed by atoms with Crippen LogP contribution >= 0.6 is 0 Å². The molecule has 0 unspecified atom stereocenters. The van der Waals surface area contributed by atoms with Crippen LogP contribution in [0, 0.1) is 0 Å². The highest BCUT2D eigenvalue weighted by atomic mass is 32.2. The number of rotatable bonds is 6. The fourth-order valence-electron chi connectivity index (χ4n) is 3.81. The summed E-state index contributed by atoms with van der Waals surface area (Å²) in [5.41, 5.74) is 2.55. The molecule has 4 rings (SSSR count). The number of nitrogens with zero attached hydrogens (tertiary/aromatic N) is 6. The molecule has 1 aromatic carbocycles. The maximum Gasteiger partial charge on any atom is 0.253 e. The van der Waals surface area contributed by atoms with E-state index in [-0.39, 0.29) is 24.4 Å². The molecule has 1 aliphatic rings. The third-order valence-corrected chi connectivity index (χ3v) is 6.65. The molecule has 1 amide bonds. The average Bonchev–Trinajstić information content (AvgIpc) is 3.38. The first-order valence-corrected chi connectivity index (χ1v) is 12.2. The van der Waals surface area contributed by atoms with E-state index in [0.717, 1.165) is 11.3 Å². The molecule has 168 valence electrons. The monoisotopic (exact) mass is 454 g/mol. The maximum atomic E-state index is 13.1. The summed E-state index contributed by atoms with van der Waals surface area (Å²) < 4.78 is 27.9. The Kier molecular flexibility index (Phi) is 5.72. The number of fused-ring (bicyclic) bond motifs is 1. The number of carbonyl (C=O) groups excluding carboxylic acids is 1. The molecule has 0 radical (unpaired) electrons. The Morgan fingerprint density at radius 2 is 2.00 bits per heavy atom. The van der Waals surface area contributed by atoms with Crippen LogP contribution in [0.4, 0.5) is 5.69 Å². The summed E-state index contributed by atoms with van der Waals surface area (Å²) in [5.74, 6) is 0.0155. The van der Waals surface area contributed by atoms with Gasteiger partial charge in [-0.05, 0) is 49.7 Å². The van der Waals surface area contributed by atoms with E-state index in [2.05, 4.69) is 15.1 Å². The van der Waals surface area contributed by atoms with Crippen LogP contribution in [-0.4, -0.2) is 58.8 Å². The van der Waals surface area contributed by atoms with Gasteiger partial charge in [-0.2, -0.15) is 5.10 Å². The molecule has 1 atom stereocenters. The molecule has 0 saturated carbocycles. The molecule has 2 aromatic heterocycles. The number of sulfonamides is 1. The van der Waals surface area contributed by atoms with Crippen molar-refractivity contribution >= 4 is 21.6 Å². The zero-order chi connectivity index (χ0) is 23.0. The maximum absolute atomic E-state index is 13.1. The summed E-state index contributed by atoms with van der Waals surface area (Å²) >= 11 is 0. The topological polar surface area (TPSA) is 101 Å². The van der Waals surface area contributed by atoms with E-state index in [9.17, 15) is 13.2 Å². The largest absolute Gasteiger partial charge is 0.336 e. The van der Waals surface area contributed by atoms with E-state index < -0.39 is 10.0 Å². The number of carbonyl (C=O) groups is 1. The lowest BCUT2D eigenvalue weighted by Gasteiger charge is -2.18. The van der Waals surface area contributed by atoms with Gasteiger partial charge in [-0.15, -0.1) is 0 Å². The zero-order valence-corrected chi connectivity index (χ0v) is 19.3. The van der Waals surface area contributed by atoms with Crippen molar-refractivity contribution in [3.05, 3.63) is 71.6 Å². The van der Waals surface area contributed by atoms with Gasteiger partial charge in [0, 0.05) is 31.4 Å². The Morgan fingerprint density at radius 1 is 1.22 bits per heavy atom. The van der Waals surface area contributed by atoms with Gasteiger partial charge in [-0.1, -0.05) is 6.07 Å². The summed E-state index contributed by atoms with van der Waals surface area (Å²) in [5, 5.41) is 4.55. The molecular weight excluding hydrogens is 428 g/mol. The van der Waals surface area contributed by atoms with Crippen LogP contribution in [0.1, 0.15) is 53.2 Å². The molecule has 0 aliphatic carbocycles. The van der Waals surface area contributed by atoms with E-state index in [4.69, 9.17) is 0 Å². The van der Waals surface area contributed by atoms with E-state index in [0.29, 0.717) is 23.6 Å². The Morgan fingerprint density at radius 3 is 2.62 bits per heavy atom. The van der Waals surface area contributed by atoms with Gasteiger partial charge in [0.2, 0.25) is 10.0 Å². The van der Waals surface area contributed by atoms with Gasteiger partial charge in [0.05, 0.1) is 30.1 Å². The molecule has 3 aromatic rings. The predicted molar refractivity (Wildman–Crippen MR) is 121 cm³/mol. The fourth-order valence-corrected chi connectivity index (χ4v) is 4.76. The molecule has 0 bridgehead atoms. The van der Waals surface area contributed by atoms with E-state index >= 15 is 0 Å². The molecule has 10 heteroatoms. The predicted octanol–water partition coefficient (Wildman–Crippen LogP) is 2.44.